The van der Waals surface area contributed by atoms with Gasteiger partial charge in [0.15, 0.2) is 0 Å². The third-order valence-corrected chi connectivity index (χ3v) is 5.14. The Morgan fingerprint density at radius 1 is 1.06 bits per heavy atom. The van der Waals surface area contributed by atoms with Crippen LogP contribution in [-0.4, -0.2) is 34.7 Å². The topological polar surface area (TPSA) is 105 Å². The van der Waals surface area contributed by atoms with Crippen LogP contribution < -0.4 is 15.4 Å². The van der Waals surface area contributed by atoms with Crippen LogP contribution in [0.15, 0.2) is 65.6 Å². The smallest absolute Gasteiger partial charge is 0.328 e. The Balaban J connectivity index is 1.89. The van der Waals surface area contributed by atoms with Crippen molar-refractivity contribution in [2.24, 2.45) is 0 Å². The number of carbonyl (C=O) groups excluding carboxylic acids is 2. The van der Waals surface area contributed by atoms with Gasteiger partial charge in [0.1, 0.15) is 5.75 Å². The first-order valence-corrected chi connectivity index (χ1v) is 10.8. The number of thioether (sulfide) groups is 1. The first-order chi connectivity index (χ1) is 14.9. The highest BCUT2D eigenvalue weighted by Gasteiger charge is 2.15. The van der Waals surface area contributed by atoms with Gasteiger partial charge in [0, 0.05) is 28.4 Å². The summed E-state index contributed by atoms with van der Waals surface area (Å²) in [5.41, 5.74) is 1.20. The van der Waals surface area contributed by atoms with Crippen molar-refractivity contribution in [3.63, 3.8) is 0 Å². The normalized spacial score (nSPS) is 11.7. The number of rotatable bonds is 11. The van der Waals surface area contributed by atoms with Gasteiger partial charge in [0.2, 0.25) is 11.8 Å². The van der Waals surface area contributed by atoms with Gasteiger partial charge in [-0.25, -0.2) is 4.79 Å². The van der Waals surface area contributed by atoms with Gasteiger partial charge in [-0.2, -0.15) is 0 Å². The molecule has 0 fully saturated rings. The molecule has 0 bridgehead atoms. The number of unbranched alkanes of at least 4 members (excludes halogenated alkanes) is 1. The second kappa shape index (κ2) is 12.4. The standard InChI is InChI=1S/C23H26N2O5S/c1-3-4-14-30-19-10-8-17(9-11-19)25-23(29)16(2)31-20-7-5-6-18(15-20)24-21(26)12-13-22(27)28/h5-13,15-16H,3-4,14H2,1-2H3,(H,24,26)(H,25,29)(H,27,28)/b13-12+. The van der Waals surface area contributed by atoms with E-state index < -0.39 is 11.9 Å². The van der Waals surface area contributed by atoms with Crippen LogP contribution in [0, 0.1) is 0 Å². The fraction of sp³-hybridized carbons (Fsp3) is 0.261. The zero-order valence-corrected chi connectivity index (χ0v) is 18.3. The average Bonchev–Trinajstić information content (AvgIpc) is 2.74. The van der Waals surface area contributed by atoms with Crippen LogP contribution in [0.2, 0.25) is 0 Å². The van der Waals surface area contributed by atoms with E-state index in [2.05, 4.69) is 17.6 Å². The molecule has 3 N–H and O–H groups in total. The second-order valence-electron chi connectivity index (χ2n) is 6.66. The van der Waals surface area contributed by atoms with Crippen LogP contribution in [0.3, 0.4) is 0 Å². The number of aliphatic carboxylic acids is 1. The lowest BCUT2D eigenvalue weighted by atomic mass is 10.3. The largest absolute Gasteiger partial charge is 0.494 e. The predicted molar refractivity (Wildman–Crippen MR) is 123 cm³/mol. The summed E-state index contributed by atoms with van der Waals surface area (Å²) in [4.78, 5) is 35.5. The van der Waals surface area contributed by atoms with Gasteiger partial charge in [0.05, 0.1) is 11.9 Å². The molecule has 0 saturated heterocycles. The lowest BCUT2D eigenvalue weighted by Gasteiger charge is -2.13. The van der Waals surface area contributed by atoms with Gasteiger partial charge in [-0.15, -0.1) is 11.8 Å². The molecule has 1 unspecified atom stereocenters. The molecule has 31 heavy (non-hydrogen) atoms. The average molecular weight is 443 g/mol. The summed E-state index contributed by atoms with van der Waals surface area (Å²) in [6, 6.07) is 14.3. The quantitative estimate of drug-likeness (QED) is 0.268. The Hall–Kier alpha value is -3.26. The molecular formula is C23H26N2O5S. The van der Waals surface area contributed by atoms with Gasteiger partial charge < -0.3 is 20.5 Å². The van der Waals surface area contributed by atoms with E-state index in [9.17, 15) is 14.4 Å². The molecule has 8 heteroatoms. The van der Waals surface area contributed by atoms with Crippen LogP contribution in [0.4, 0.5) is 11.4 Å². The molecule has 1 atom stereocenters. The lowest BCUT2D eigenvalue weighted by Crippen LogP contribution is -2.22. The van der Waals surface area contributed by atoms with Crippen molar-refractivity contribution < 1.29 is 24.2 Å². The van der Waals surface area contributed by atoms with E-state index in [1.807, 2.05) is 18.2 Å². The Morgan fingerprint density at radius 2 is 1.81 bits per heavy atom. The minimum absolute atomic E-state index is 0.150. The van der Waals surface area contributed by atoms with Gasteiger partial charge >= 0.3 is 5.97 Å². The van der Waals surface area contributed by atoms with Crippen molar-refractivity contribution in [3.05, 3.63) is 60.7 Å². The fourth-order valence-corrected chi connectivity index (χ4v) is 3.37. The van der Waals surface area contributed by atoms with Crippen LogP contribution in [0.1, 0.15) is 26.7 Å². The number of nitrogens with one attached hydrogen (secondary N) is 2. The molecule has 0 aliphatic rings. The summed E-state index contributed by atoms with van der Waals surface area (Å²) >= 11 is 1.35. The van der Waals surface area contributed by atoms with Crippen molar-refractivity contribution in [1.29, 1.82) is 0 Å². The Morgan fingerprint density at radius 3 is 2.48 bits per heavy atom. The molecule has 164 valence electrons. The maximum atomic E-state index is 12.5. The van der Waals surface area contributed by atoms with Gasteiger partial charge in [0.25, 0.3) is 0 Å². The highest BCUT2D eigenvalue weighted by molar-refractivity contribution is 8.00. The number of carboxylic acids is 1. The fourth-order valence-electron chi connectivity index (χ4n) is 2.45. The van der Waals surface area contributed by atoms with Crippen molar-refractivity contribution in [2.45, 2.75) is 36.8 Å². The molecule has 2 aromatic rings. The van der Waals surface area contributed by atoms with E-state index in [0.717, 1.165) is 35.6 Å². The molecule has 0 aliphatic heterocycles. The maximum Gasteiger partial charge on any atom is 0.328 e. The zero-order chi connectivity index (χ0) is 22.6. The molecule has 0 aromatic heterocycles. The van der Waals surface area contributed by atoms with Crippen LogP contribution in [0.5, 0.6) is 5.75 Å². The number of carbonyl (C=O) groups is 3. The molecule has 0 saturated carbocycles. The third-order valence-electron chi connectivity index (χ3n) is 4.05. The van der Waals surface area contributed by atoms with E-state index in [1.54, 1.807) is 37.3 Å². The molecular weight excluding hydrogens is 416 g/mol. The summed E-state index contributed by atoms with van der Waals surface area (Å²) in [5, 5.41) is 13.7. The van der Waals surface area contributed by atoms with Gasteiger partial charge in [-0.05, 0) is 55.8 Å². The lowest BCUT2D eigenvalue weighted by molar-refractivity contribution is -0.131. The van der Waals surface area contributed by atoms with Crippen LogP contribution in [0.25, 0.3) is 0 Å². The van der Waals surface area contributed by atoms with E-state index >= 15 is 0 Å². The van der Waals surface area contributed by atoms with Crippen LogP contribution >= 0.6 is 11.8 Å². The number of carboxylic acid groups (broad SMARTS) is 1. The number of ether oxygens (including phenoxy) is 1. The summed E-state index contributed by atoms with van der Waals surface area (Å²) in [6.07, 6.45) is 3.78. The van der Waals surface area contributed by atoms with Crippen molar-refractivity contribution >= 4 is 40.9 Å². The second-order valence-corrected chi connectivity index (χ2v) is 8.08. The first-order valence-electron chi connectivity index (χ1n) is 9.90. The van der Waals surface area contributed by atoms with Crippen molar-refractivity contribution in [1.82, 2.24) is 0 Å². The molecule has 0 aliphatic carbocycles. The highest BCUT2D eigenvalue weighted by atomic mass is 32.2. The maximum absolute atomic E-state index is 12.5. The first kappa shape index (κ1) is 24.0. The number of amides is 2. The number of hydrogen-bond acceptors (Lipinski definition) is 5. The van der Waals surface area contributed by atoms with Crippen molar-refractivity contribution in [3.8, 4) is 5.75 Å². The molecule has 2 aromatic carbocycles. The number of anilines is 2. The number of benzene rings is 2. The minimum atomic E-state index is -1.20. The molecule has 0 heterocycles. The third kappa shape index (κ3) is 8.96. The van der Waals surface area contributed by atoms with Crippen LogP contribution in [-0.2, 0) is 14.4 Å². The van der Waals surface area contributed by atoms with Crippen molar-refractivity contribution in [2.75, 3.05) is 17.2 Å². The molecule has 0 spiro atoms. The summed E-state index contributed by atoms with van der Waals surface area (Å²) in [5.74, 6) is -1.12. The van der Waals surface area contributed by atoms with E-state index in [4.69, 9.17) is 9.84 Å². The monoisotopic (exact) mass is 442 g/mol. The Labute approximate surface area is 185 Å². The minimum Gasteiger partial charge on any atom is -0.494 e. The van der Waals surface area contributed by atoms with E-state index in [-0.39, 0.29) is 11.2 Å². The molecule has 7 nitrogen and oxygen atoms in total. The predicted octanol–water partition coefficient (Wildman–Crippen LogP) is 4.56. The van der Waals surface area contributed by atoms with Gasteiger partial charge in [-0.3, -0.25) is 9.59 Å². The summed E-state index contributed by atoms with van der Waals surface area (Å²) in [6.45, 7) is 4.57. The van der Waals surface area contributed by atoms with E-state index in [1.165, 1.54) is 11.8 Å². The Kier molecular flexibility index (Phi) is 9.64. The number of hydrogen-bond donors (Lipinski definition) is 3. The van der Waals surface area contributed by atoms with E-state index in [0.29, 0.717) is 18.0 Å². The summed E-state index contributed by atoms with van der Waals surface area (Å²) in [7, 11) is 0. The molecule has 0 radical (unpaired) electrons. The SMILES string of the molecule is CCCCOc1ccc(NC(=O)C(C)Sc2cccc(NC(=O)/C=C/C(=O)O)c2)cc1. The Bertz CT molecular complexity index is 928. The summed E-state index contributed by atoms with van der Waals surface area (Å²) < 4.78 is 5.62. The van der Waals surface area contributed by atoms with Gasteiger partial charge in [-0.1, -0.05) is 19.4 Å². The highest BCUT2D eigenvalue weighted by Crippen LogP contribution is 2.27. The molecule has 2 rings (SSSR count). The zero-order valence-electron chi connectivity index (χ0n) is 17.5. The molecule has 2 amide bonds.